The van der Waals surface area contributed by atoms with Gasteiger partial charge < -0.3 is 14.6 Å². The highest BCUT2D eigenvalue weighted by atomic mass is 35.5. The summed E-state index contributed by atoms with van der Waals surface area (Å²) in [6.07, 6.45) is 0. The zero-order valence-corrected chi connectivity index (χ0v) is 17.0. The Labute approximate surface area is 170 Å². The average molecular weight is 419 g/mol. The van der Waals surface area contributed by atoms with Crippen molar-refractivity contribution in [2.75, 3.05) is 11.9 Å². The third-order valence-electron chi connectivity index (χ3n) is 4.41. The van der Waals surface area contributed by atoms with E-state index in [2.05, 4.69) is 15.5 Å². The van der Waals surface area contributed by atoms with Crippen LogP contribution in [0, 0.1) is 13.8 Å². The Morgan fingerprint density at radius 1 is 1.34 bits per heavy atom. The minimum atomic E-state index is -0.928. The summed E-state index contributed by atoms with van der Waals surface area (Å²) < 4.78 is 11.1. The molecular weight excluding hydrogens is 400 g/mol. The van der Waals surface area contributed by atoms with Crippen LogP contribution in [0.4, 0.5) is 5.69 Å². The summed E-state index contributed by atoms with van der Waals surface area (Å²) in [5.74, 6) is -1.01. The Bertz CT molecular complexity index is 1170. The molecule has 29 heavy (non-hydrogen) atoms. The van der Waals surface area contributed by atoms with E-state index in [0.29, 0.717) is 10.7 Å². The number of halogens is 1. The van der Waals surface area contributed by atoms with E-state index in [1.807, 2.05) is 6.92 Å². The van der Waals surface area contributed by atoms with Crippen molar-refractivity contribution in [2.24, 2.45) is 0 Å². The molecule has 1 atom stereocenters. The number of ether oxygens (including phenoxy) is 1. The standard InChI is InChI=1S/C19H19ClN4O5/c1-5-28-19(27)15-14-17(29-23-15)21-11(4)24(18(14)26)10(3)16(25)22-13-8-12(20)7-6-9(13)2/h6-8,10H,5H2,1-4H3,(H,22,25)/t10-/m1/s1. The van der Waals surface area contributed by atoms with Gasteiger partial charge >= 0.3 is 5.97 Å². The third kappa shape index (κ3) is 3.86. The van der Waals surface area contributed by atoms with E-state index >= 15 is 0 Å². The molecule has 3 aromatic rings. The highest BCUT2D eigenvalue weighted by molar-refractivity contribution is 6.31. The second kappa shape index (κ2) is 8.04. The first-order valence-electron chi connectivity index (χ1n) is 8.87. The molecule has 0 fully saturated rings. The summed E-state index contributed by atoms with van der Waals surface area (Å²) in [6, 6.07) is 4.18. The van der Waals surface area contributed by atoms with Crippen LogP contribution >= 0.6 is 11.6 Å². The summed E-state index contributed by atoms with van der Waals surface area (Å²) in [6.45, 7) is 6.67. The van der Waals surface area contributed by atoms with Crippen LogP contribution in [0.25, 0.3) is 11.1 Å². The molecule has 0 bridgehead atoms. The molecule has 1 N–H and O–H groups in total. The third-order valence-corrected chi connectivity index (χ3v) is 4.65. The van der Waals surface area contributed by atoms with Gasteiger partial charge in [0.25, 0.3) is 11.3 Å². The van der Waals surface area contributed by atoms with E-state index < -0.39 is 23.5 Å². The van der Waals surface area contributed by atoms with Crippen LogP contribution in [0.3, 0.4) is 0 Å². The van der Waals surface area contributed by atoms with Crippen molar-refractivity contribution >= 4 is 40.3 Å². The zero-order valence-electron chi connectivity index (χ0n) is 16.3. The molecule has 152 valence electrons. The molecule has 9 nitrogen and oxygen atoms in total. The number of aryl methyl sites for hydroxylation is 2. The first kappa shape index (κ1) is 20.5. The Hall–Kier alpha value is -3.20. The molecule has 0 aliphatic rings. The maximum absolute atomic E-state index is 13.1. The molecule has 2 heterocycles. The van der Waals surface area contributed by atoms with E-state index in [4.69, 9.17) is 20.9 Å². The normalized spacial score (nSPS) is 12.0. The maximum atomic E-state index is 13.1. The van der Waals surface area contributed by atoms with Crippen LogP contribution in [-0.4, -0.2) is 33.2 Å². The molecule has 0 unspecified atom stereocenters. The topological polar surface area (TPSA) is 116 Å². The highest BCUT2D eigenvalue weighted by Gasteiger charge is 2.27. The van der Waals surface area contributed by atoms with Gasteiger partial charge in [-0.2, -0.15) is 4.98 Å². The molecule has 0 saturated carbocycles. The van der Waals surface area contributed by atoms with E-state index in [1.54, 1.807) is 39.0 Å². The lowest BCUT2D eigenvalue weighted by atomic mass is 10.2. The molecule has 1 aromatic carbocycles. The second-order valence-electron chi connectivity index (χ2n) is 6.39. The van der Waals surface area contributed by atoms with Crippen LogP contribution in [-0.2, 0) is 9.53 Å². The highest BCUT2D eigenvalue weighted by Crippen LogP contribution is 2.22. The number of nitrogens with one attached hydrogen (secondary N) is 1. The lowest BCUT2D eigenvalue weighted by Gasteiger charge is -2.18. The van der Waals surface area contributed by atoms with Crippen molar-refractivity contribution in [1.29, 1.82) is 0 Å². The van der Waals surface area contributed by atoms with Crippen LogP contribution < -0.4 is 10.9 Å². The number of nitrogens with zero attached hydrogens (tertiary/aromatic N) is 3. The fourth-order valence-corrected chi connectivity index (χ4v) is 3.07. The van der Waals surface area contributed by atoms with E-state index in [9.17, 15) is 14.4 Å². The number of benzene rings is 1. The lowest BCUT2D eigenvalue weighted by Crippen LogP contribution is -2.34. The van der Waals surface area contributed by atoms with Crippen LogP contribution in [0.15, 0.2) is 27.5 Å². The number of rotatable bonds is 5. The van der Waals surface area contributed by atoms with Crippen LogP contribution in [0.2, 0.25) is 5.02 Å². The van der Waals surface area contributed by atoms with E-state index in [0.717, 1.165) is 5.56 Å². The van der Waals surface area contributed by atoms with Crippen molar-refractivity contribution in [3.8, 4) is 0 Å². The van der Waals surface area contributed by atoms with Gasteiger partial charge in [-0.3, -0.25) is 14.2 Å². The van der Waals surface area contributed by atoms with Gasteiger partial charge in [0.05, 0.1) is 6.61 Å². The quantitative estimate of drug-likeness (QED) is 0.633. The van der Waals surface area contributed by atoms with Crippen molar-refractivity contribution in [3.63, 3.8) is 0 Å². The molecule has 0 saturated heterocycles. The van der Waals surface area contributed by atoms with Crippen molar-refractivity contribution in [2.45, 2.75) is 33.7 Å². The van der Waals surface area contributed by atoms with Gasteiger partial charge in [0.1, 0.15) is 17.3 Å². The first-order chi connectivity index (χ1) is 13.7. The summed E-state index contributed by atoms with van der Waals surface area (Å²) >= 11 is 6.00. The molecule has 0 radical (unpaired) electrons. The summed E-state index contributed by atoms with van der Waals surface area (Å²) in [4.78, 5) is 42.1. The number of esters is 1. The number of hydrogen-bond acceptors (Lipinski definition) is 7. The van der Waals surface area contributed by atoms with Crippen LogP contribution in [0.5, 0.6) is 0 Å². The molecule has 3 rings (SSSR count). The molecule has 1 amide bonds. The summed E-state index contributed by atoms with van der Waals surface area (Å²) in [7, 11) is 0. The Morgan fingerprint density at radius 2 is 2.07 bits per heavy atom. The smallest absolute Gasteiger partial charge is 0.361 e. The molecule has 0 aliphatic heterocycles. The molecule has 0 spiro atoms. The second-order valence-corrected chi connectivity index (χ2v) is 6.83. The number of aromatic nitrogens is 3. The number of carbonyl (C=O) groups excluding carboxylic acids is 2. The van der Waals surface area contributed by atoms with Crippen molar-refractivity contribution in [3.05, 3.63) is 50.7 Å². The van der Waals surface area contributed by atoms with Gasteiger partial charge in [0.15, 0.2) is 0 Å². The van der Waals surface area contributed by atoms with Gasteiger partial charge in [0, 0.05) is 10.7 Å². The average Bonchev–Trinajstić information content (AvgIpc) is 3.08. The number of carbonyl (C=O) groups is 2. The largest absolute Gasteiger partial charge is 0.461 e. The summed E-state index contributed by atoms with van der Waals surface area (Å²) in [5, 5.41) is 6.71. The lowest BCUT2D eigenvalue weighted by molar-refractivity contribution is -0.118. The van der Waals surface area contributed by atoms with Gasteiger partial charge in [-0.05, 0) is 45.4 Å². The Balaban J connectivity index is 2.03. The SMILES string of the molecule is CCOC(=O)c1noc2nc(C)n([C@H](C)C(=O)Nc3cc(Cl)ccc3C)c(=O)c12. The molecular formula is C19H19ClN4O5. The number of anilines is 1. The molecule has 10 heteroatoms. The number of fused-ring (bicyclic) bond motifs is 1. The first-order valence-corrected chi connectivity index (χ1v) is 9.25. The van der Waals surface area contributed by atoms with E-state index in [1.165, 1.54) is 4.57 Å². The van der Waals surface area contributed by atoms with Gasteiger partial charge in [-0.25, -0.2) is 4.79 Å². The van der Waals surface area contributed by atoms with Gasteiger partial charge in [0.2, 0.25) is 11.6 Å². The van der Waals surface area contributed by atoms with Gasteiger partial charge in [-0.15, -0.1) is 0 Å². The van der Waals surface area contributed by atoms with Crippen LogP contribution in [0.1, 0.15) is 41.8 Å². The van der Waals surface area contributed by atoms with Gasteiger partial charge in [-0.1, -0.05) is 22.8 Å². The number of amides is 1. The molecule has 0 aliphatic carbocycles. The maximum Gasteiger partial charge on any atom is 0.361 e. The number of hydrogen-bond donors (Lipinski definition) is 1. The Kier molecular flexibility index (Phi) is 5.69. The van der Waals surface area contributed by atoms with E-state index in [-0.39, 0.29) is 29.2 Å². The fraction of sp³-hybridized carbons (Fsp3) is 0.316. The fourth-order valence-electron chi connectivity index (χ4n) is 2.90. The predicted molar refractivity (Wildman–Crippen MR) is 106 cm³/mol. The zero-order chi connectivity index (χ0) is 21.3. The monoisotopic (exact) mass is 418 g/mol. The minimum Gasteiger partial charge on any atom is -0.461 e. The Morgan fingerprint density at radius 3 is 2.76 bits per heavy atom. The summed E-state index contributed by atoms with van der Waals surface area (Å²) in [5.41, 5.74) is 0.362. The minimum absolute atomic E-state index is 0.0925. The van der Waals surface area contributed by atoms with Crippen molar-refractivity contribution < 1.29 is 18.8 Å². The predicted octanol–water partition coefficient (Wildman–Crippen LogP) is 3.03. The molecule has 2 aromatic heterocycles. The van der Waals surface area contributed by atoms with Crippen molar-refractivity contribution in [1.82, 2.24) is 14.7 Å².